The minimum absolute atomic E-state index is 0.0464. The van der Waals surface area contributed by atoms with E-state index in [0.717, 1.165) is 0 Å². The van der Waals surface area contributed by atoms with Crippen molar-refractivity contribution in [1.82, 2.24) is 0 Å². The molecule has 0 aliphatic carbocycles. The van der Waals surface area contributed by atoms with Crippen molar-refractivity contribution in [2.24, 2.45) is 0 Å². The van der Waals surface area contributed by atoms with Gasteiger partial charge in [0.1, 0.15) is 0 Å². The van der Waals surface area contributed by atoms with E-state index in [1.54, 1.807) is 0 Å². The Labute approximate surface area is 78.1 Å². The third-order valence-electron chi connectivity index (χ3n) is 1.33. The number of hydrogen-bond donors (Lipinski definition) is 0. The van der Waals surface area contributed by atoms with Crippen LogP contribution in [-0.4, -0.2) is 0 Å². The van der Waals surface area contributed by atoms with Crippen LogP contribution in [0, 0.1) is 0 Å². The van der Waals surface area contributed by atoms with E-state index in [-0.39, 0.29) is 12.1 Å². The van der Waals surface area contributed by atoms with Crippen molar-refractivity contribution in [1.29, 1.82) is 0 Å². The van der Waals surface area contributed by atoms with Gasteiger partial charge in [0, 0.05) is 12.1 Å². The van der Waals surface area contributed by atoms with Crippen molar-refractivity contribution in [3.63, 3.8) is 0 Å². The van der Waals surface area contributed by atoms with Crippen LogP contribution in [0.3, 0.4) is 0 Å². The molecule has 1 aromatic heterocycles. The molecular formula is C7H2F6O2. The van der Waals surface area contributed by atoms with E-state index < -0.39 is 29.3 Å². The maximum Gasteiger partial charge on any atom is 0.449 e. The van der Waals surface area contributed by atoms with Gasteiger partial charge in [-0.3, -0.25) is 4.79 Å². The predicted octanol–water partition coefficient (Wildman–Crippen LogP) is 2.68. The first-order valence-electron chi connectivity index (χ1n) is 3.40. The van der Waals surface area contributed by atoms with Crippen LogP contribution in [0.5, 0.6) is 0 Å². The summed E-state index contributed by atoms with van der Waals surface area (Å²) in [6, 6.07) is -0.0928. The topological polar surface area (TPSA) is 30.2 Å². The summed E-state index contributed by atoms with van der Waals surface area (Å²) in [6.07, 6.45) is -10.2. The lowest BCUT2D eigenvalue weighted by molar-refractivity contribution is -0.174. The second kappa shape index (κ2) is 3.28. The van der Waals surface area contributed by atoms with Crippen molar-refractivity contribution in [3.8, 4) is 0 Å². The average Bonchev–Trinajstić information content (AvgIpc) is 1.99. The van der Waals surface area contributed by atoms with Gasteiger partial charge in [-0.15, -0.1) is 0 Å². The zero-order valence-corrected chi connectivity index (χ0v) is 6.74. The standard InChI is InChI=1S/C7H2F6O2/c8-6(9,10)4-1-3(14)2-5(15-4)7(11,12)13/h1-2H. The molecule has 0 unspecified atom stereocenters. The summed E-state index contributed by atoms with van der Waals surface area (Å²) in [5.41, 5.74) is -1.42. The predicted molar refractivity (Wildman–Crippen MR) is 35.0 cm³/mol. The lowest BCUT2D eigenvalue weighted by Gasteiger charge is -2.08. The van der Waals surface area contributed by atoms with Gasteiger partial charge in [-0.05, 0) is 0 Å². The van der Waals surface area contributed by atoms with Crippen LogP contribution < -0.4 is 5.43 Å². The molecule has 0 bridgehead atoms. The summed E-state index contributed by atoms with van der Waals surface area (Å²) in [5, 5.41) is 0. The van der Waals surface area contributed by atoms with Crippen LogP contribution in [0.1, 0.15) is 11.5 Å². The first kappa shape index (κ1) is 11.6. The minimum atomic E-state index is -5.12. The molecule has 1 rings (SSSR count). The highest BCUT2D eigenvalue weighted by Crippen LogP contribution is 2.33. The van der Waals surface area contributed by atoms with Gasteiger partial charge in [0.25, 0.3) is 0 Å². The van der Waals surface area contributed by atoms with Gasteiger partial charge < -0.3 is 4.42 Å². The van der Waals surface area contributed by atoms with Crippen LogP contribution in [0.2, 0.25) is 0 Å². The SMILES string of the molecule is O=c1cc(C(F)(F)F)oc(C(F)(F)F)c1. The summed E-state index contributed by atoms with van der Waals surface area (Å²) < 4.78 is 75.2. The molecule has 8 heteroatoms. The Bertz CT molecular complexity index is 377. The molecule has 2 nitrogen and oxygen atoms in total. The van der Waals surface area contributed by atoms with Crippen molar-refractivity contribution in [2.45, 2.75) is 12.4 Å². The van der Waals surface area contributed by atoms with E-state index in [0.29, 0.717) is 0 Å². The molecule has 15 heavy (non-hydrogen) atoms. The summed E-state index contributed by atoms with van der Waals surface area (Å²) in [7, 11) is 0. The van der Waals surface area contributed by atoms with Crippen LogP contribution >= 0.6 is 0 Å². The number of alkyl halides is 6. The van der Waals surface area contributed by atoms with Crippen LogP contribution in [0.25, 0.3) is 0 Å². The largest absolute Gasteiger partial charge is 0.449 e. The van der Waals surface area contributed by atoms with Gasteiger partial charge in [0.15, 0.2) is 5.43 Å². The quantitative estimate of drug-likeness (QED) is 0.643. The van der Waals surface area contributed by atoms with Gasteiger partial charge in [0.2, 0.25) is 11.5 Å². The fraction of sp³-hybridized carbons (Fsp3) is 0.286. The van der Waals surface area contributed by atoms with E-state index >= 15 is 0 Å². The minimum Gasteiger partial charge on any atom is -0.447 e. The highest BCUT2D eigenvalue weighted by Gasteiger charge is 2.40. The van der Waals surface area contributed by atoms with E-state index in [2.05, 4.69) is 4.42 Å². The third kappa shape index (κ3) is 2.74. The average molecular weight is 232 g/mol. The number of halogens is 6. The zero-order chi connectivity index (χ0) is 11.9. The molecule has 0 radical (unpaired) electrons. The smallest absolute Gasteiger partial charge is 0.447 e. The second-order valence-corrected chi connectivity index (χ2v) is 2.52. The highest BCUT2D eigenvalue weighted by molar-refractivity contribution is 5.10. The molecule has 1 heterocycles. The molecule has 84 valence electrons. The maximum absolute atomic E-state index is 11.9. The Hall–Kier alpha value is -1.47. The zero-order valence-electron chi connectivity index (χ0n) is 6.74. The molecule has 0 aromatic carbocycles. The Balaban J connectivity index is 3.36. The van der Waals surface area contributed by atoms with E-state index in [4.69, 9.17) is 0 Å². The van der Waals surface area contributed by atoms with Crippen LogP contribution in [0.4, 0.5) is 26.3 Å². The molecule has 0 saturated carbocycles. The first-order chi connectivity index (χ1) is 6.60. The van der Waals surface area contributed by atoms with Gasteiger partial charge in [-0.25, -0.2) is 0 Å². The van der Waals surface area contributed by atoms with Gasteiger partial charge in [0.05, 0.1) is 0 Å². The van der Waals surface area contributed by atoms with E-state index in [1.807, 2.05) is 0 Å². The summed E-state index contributed by atoms with van der Waals surface area (Å²) >= 11 is 0. The Kier molecular flexibility index (Phi) is 2.54. The van der Waals surface area contributed by atoms with Crippen LogP contribution in [0.15, 0.2) is 21.3 Å². The molecule has 0 aliphatic rings. The number of hydrogen-bond acceptors (Lipinski definition) is 2. The summed E-state index contributed by atoms with van der Waals surface area (Å²) in [4.78, 5) is 10.5. The van der Waals surface area contributed by atoms with Gasteiger partial charge in [-0.1, -0.05) is 0 Å². The fourth-order valence-electron chi connectivity index (χ4n) is 0.757. The van der Waals surface area contributed by atoms with Crippen LogP contribution in [-0.2, 0) is 12.4 Å². The molecule has 0 amide bonds. The molecule has 0 N–H and O–H groups in total. The fourth-order valence-corrected chi connectivity index (χ4v) is 0.757. The van der Waals surface area contributed by atoms with E-state index in [1.165, 1.54) is 0 Å². The maximum atomic E-state index is 11.9. The molecule has 0 atom stereocenters. The van der Waals surface area contributed by atoms with Crippen molar-refractivity contribution in [3.05, 3.63) is 33.9 Å². The van der Waals surface area contributed by atoms with Crippen molar-refractivity contribution in [2.75, 3.05) is 0 Å². The Morgan fingerprint density at radius 3 is 1.47 bits per heavy atom. The highest BCUT2D eigenvalue weighted by atomic mass is 19.4. The first-order valence-corrected chi connectivity index (χ1v) is 3.40. The van der Waals surface area contributed by atoms with Gasteiger partial charge in [-0.2, -0.15) is 26.3 Å². The molecular weight excluding hydrogens is 230 g/mol. The second-order valence-electron chi connectivity index (χ2n) is 2.52. The molecule has 0 fully saturated rings. The van der Waals surface area contributed by atoms with E-state index in [9.17, 15) is 31.1 Å². The van der Waals surface area contributed by atoms with Crippen molar-refractivity contribution < 1.29 is 30.8 Å². The van der Waals surface area contributed by atoms with Crippen molar-refractivity contribution >= 4 is 0 Å². The lowest BCUT2D eigenvalue weighted by atomic mass is 10.3. The molecule has 0 saturated heterocycles. The lowest BCUT2D eigenvalue weighted by Crippen LogP contribution is -2.15. The number of rotatable bonds is 0. The normalized spacial score (nSPS) is 12.9. The molecule has 1 aromatic rings. The summed E-state index contributed by atoms with van der Waals surface area (Å²) in [5.74, 6) is -3.94. The Morgan fingerprint density at radius 1 is 0.867 bits per heavy atom. The third-order valence-corrected chi connectivity index (χ3v) is 1.33. The molecule has 0 aliphatic heterocycles. The van der Waals surface area contributed by atoms with Gasteiger partial charge >= 0.3 is 12.4 Å². The molecule has 0 spiro atoms. The summed E-state index contributed by atoms with van der Waals surface area (Å²) in [6.45, 7) is 0. The monoisotopic (exact) mass is 232 g/mol. The Morgan fingerprint density at radius 2 is 1.20 bits per heavy atom.